The lowest BCUT2D eigenvalue weighted by Crippen LogP contribution is -2.24. The third kappa shape index (κ3) is 4.26. The zero-order chi connectivity index (χ0) is 22.0. The number of hydrogen-bond donors (Lipinski definition) is 2. The lowest BCUT2D eigenvalue weighted by molar-refractivity contribution is -0.123. The Kier molecular flexibility index (Phi) is 5.92. The van der Waals surface area contributed by atoms with Gasteiger partial charge < -0.3 is 20.1 Å². The normalized spacial score (nSPS) is 14.8. The summed E-state index contributed by atoms with van der Waals surface area (Å²) in [7, 11) is 3.17. The highest BCUT2D eigenvalue weighted by molar-refractivity contribution is 6.30. The molecule has 0 aliphatic carbocycles. The van der Waals surface area contributed by atoms with E-state index < -0.39 is 6.04 Å². The highest BCUT2D eigenvalue weighted by atomic mass is 35.5. The van der Waals surface area contributed by atoms with Crippen molar-refractivity contribution in [3.05, 3.63) is 59.2 Å². The molecule has 2 heterocycles. The fraction of sp³-hybridized carbons (Fsp3) is 0.227. The van der Waals surface area contributed by atoms with Crippen LogP contribution >= 0.6 is 11.6 Å². The number of amides is 2. The van der Waals surface area contributed by atoms with Crippen LogP contribution in [0.4, 0.5) is 11.5 Å². The van der Waals surface area contributed by atoms with Crippen molar-refractivity contribution in [2.24, 2.45) is 0 Å². The third-order valence-corrected chi connectivity index (χ3v) is 5.22. The van der Waals surface area contributed by atoms with E-state index in [4.69, 9.17) is 21.1 Å². The summed E-state index contributed by atoms with van der Waals surface area (Å²) in [4.78, 5) is 25.2. The Morgan fingerprint density at radius 1 is 1.23 bits per heavy atom. The first-order chi connectivity index (χ1) is 15.0. The number of ether oxygens (including phenoxy) is 2. The molecule has 1 atom stereocenters. The average molecular weight is 441 g/mol. The number of nitrogens with zero attached hydrogens (tertiary/aromatic N) is 2. The second-order valence-corrected chi connectivity index (χ2v) is 7.48. The molecule has 1 unspecified atom stereocenters. The lowest BCUT2D eigenvalue weighted by atomic mass is 10.1. The number of benzene rings is 2. The molecule has 4 rings (SSSR count). The van der Waals surface area contributed by atoms with Gasteiger partial charge in [-0.05, 0) is 42.0 Å². The minimum Gasteiger partial charge on any atom is -0.497 e. The molecule has 2 aromatic carbocycles. The average Bonchev–Trinajstić information content (AvgIpc) is 3.25. The molecule has 0 spiro atoms. The SMILES string of the molecule is COCc1nn2c(c1-c1cccc(OC)c1)NC(=O)C2CC(=O)Nc1ccc(Cl)cc1. The van der Waals surface area contributed by atoms with Crippen molar-refractivity contribution in [1.82, 2.24) is 9.78 Å². The highest BCUT2D eigenvalue weighted by Crippen LogP contribution is 2.39. The van der Waals surface area contributed by atoms with Gasteiger partial charge in [-0.2, -0.15) is 5.10 Å². The van der Waals surface area contributed by atoms with Crippen molar-refractivity contribution in [2.75, 3.05) is 24.9 Å². The van der Waals surface area contributed by atoms with Gasteiger partial charge in [-0.25, -0.2) is 4.68 Å². The van der Waals surface area contributed by atoms with Gasteiger partial charge >= 0.3 is 0 Å². The zero-order valence-electron chi connectivity index (χ0n) is 17.0. The van der Waals surface area contributed by atoms with E-state index in [1.54, 1.807) is 43.2 Å². The first-order valence-electron chi connectivity index (χ1n) is 9.61. The van der Waals surface area contributed by atoms with E-state index in [2.05, 4.69) is 15.7 Å². The van der Waals surface area contributed by atoms with E-state index in [1.165, 1.54) is 0 Å². The van der Waals surface area contributed by atoms with Crippen molar-refractivity contribution in [1.29, 1.82) is 0 Å². The predicted molar refractivity (Wildman–Crippen MR) is 117 cm³/mol. The quantitative estimate of drug-likeness (QED) is 0.581. The Labute approximate surface area is 184 Å². The van der Waals surface area contributed by atoms with E-state index in [0.29, 0.717) is 28.0 Å². The van der Waals surface area contributed by atoms with Gasteiger partial charge in [0.05, 0.1) is 31.4 Å². The van der Waals surface area contributed by atoms with Crippen LogP contribution in [0.5, 0.6) is 5.75 Å². The molecule has 2 N–H and O–H groups in total. The van der Waals surface area contributed by atoms with Gasteiger partial charge in [0.15, 0.2) is 0 Å². The van der Waals surface area contributed by atoms with Crippen molar-refractivity contribution in [3.63, 3.8) is 0 Å². The molecule has 9 heteroatoms. The molecule has 3 aromatic rings. The van der Waals surface area contributed by atoms with Gasteiger partial charge in [-0.15, -0.1) is 0 Å². The molecule has 1 aliphatic rings. The number of carbonyl (C=O) groups excluding carboxylic acids is 2. The van der Waals surface area contributed by atoms with E-state index in [0.717, 1.165) is 11.1 Å². The number of halogens is 1. The largest absolute Gasteiger partial charge is 0.497 e. The Morgan fingerprint density at radius 2 is 2.00 bits per heavy atom. The van der Waals surface area contributed by atoms with Crippen molar-refractivity contribution >= 4 is 34.9 Å². The highest BCUT2D eigenvalue weighted by Gasteiger charge is 2.37. The molecular weight excluding hydrogens is 420 g/mol. The summed E-state index contributed by atoms with van der Waals surface area (Å²) in [5, 5.41) is 10.8. The summed E-state index contributed by atoms with van der Waals surface area (Å²) in [5.74, 6) is 0.627. The zero-order valence-corrected chi connectivity index (χ0v) is 17.8. The van der Waals surface area contributed by atoms with Gasteiger partial charge in [0.25, 0.3) is 5.91 Å². The number of methoxy groups -OCH3 is 2. The number of hydrogen-bond acceptors (Lipinski definition) is 5. The smallest absolute Gasteiger partial charge is 0.251 e. The number of anilines is 2. The number of carbonyl (C=O) groups is 2. The minimum absolute atomic E-state index is 0.0624. The van der Waals surface area contributed by atoms with E-state index in [1.807, 2.05) is 24.3 Å². The molecule has 0 radical (unpaired) electrons. The van der Waals surface area contributed by atoms with Crippen LogP contribution in [0.1, 0.15) is 18.2 Å². The second kappa shape index (κ2) is 8.79. The molecule has 31 heavy (non-hydrogen) atoms. The molecule has 8 nitrogen and oxygen atoms in total. The van der Waals surface area contributed by atoms with Crippen LogP contribution in [0.2, 0.25) is 5.02 Å². The number of aromatic nitrogens is 2. The Hall–Kier alpha value is -3.36. The number of rotatable bonds is 7. The summed E-state index contributed by atoms with van der Waals surface area (Å²) < 4.78 is 12.2. The third-order valence-electron chi connectivity index (χ3n) is 4.97. The Balaban J connectivity index is 1.63. The maximum absolute atomic E-state index is 12.7. The number of nitrogens with one attached hydrogen (secondary N) is 2. The van der Waals surface area contributed by atoms with Gasteiger partial charge in [0.1, 0.15) is 17.6 Å². The molecule has 1 aromatic heterocycles. The summed E-state index contributed by atoms with van der Waals surface area (Å²) in [6.45, 7) is 0.256. The van der Waals surface area contributed by atoms with E-state index in [9.17, 15) is 9.59 Å². The van der Waals surface area contributed by atoms with Crippen LogP contribution in [-0.4, -0.2) is 35.8 Å². The van der Waals surface area contributed by atoms with Crippen molar-refractivity contribution in [2.45, 2.75) is 19.1 Å². The lowest BCUT2D eigenvalue weighted by Gasteiger charge is -2.10. The van der Waals surface area contributed by atoms with Crippen LogP contribution in [0, 0.1) is 0 Å². The summed E-state index contributed by atoms with van der Waals surface area (Å²) >= 11 is 5.88. The van der Waals surface area contributed by atoms with Crippen LogP contribution in [0.3, 0.4) is 0 Å². The van der Waals surface area contributed by atoms with Gasteiger partial charge in [0.2, 0.25) is 5.91 Å². The monoisotopic (exact) mass is 440 g/mol. The van der Waals surface area contributed by atoms with Gasteiger partial charge in [0, 0.05) is 17.8 Å². The fourth-order valence-corrected chi connectivity index (χ4v) is 3.68. The van der Waals surface area contributed by atoms with E-state index >= 15 is 0 Å². The number of fused-ring (bicyclic) bond motifs is 1. The summed E-state index contributed by atoms with van der Waals surface area (Å²) in [6.07, 6.45) is -0.0624. The predicted octanol–water partition coefficient (Wildman–Crippen LogP) is 3.88. The summed E-state index contributed by atoms with van der Waals surface area (Å²) in [5.41, 5.74) is 2.84. The summed E-state index contributed by atoms with van der Waals surface area (Å²) in [6, 6.07) is 13.5. The first kappa shape index (κ1) is 20.9. The molecule has 0 fully saturated rings. The Bertz CT molecular complexity index is 1130. The minimum atomic E-state index is -0.766. The molecule has 160 valence electrons. The van der Waals surface area contributed by atoms with Gasteiger partial charge in [-0.1, -0.05) is 23.7 Å². The van der Waals surface area contributed by atoms with Crippen LogP contribution in [0.15, 0.2) is 48.5 Å². The van der Waals surface area contributed by atoms with Crippen LogP contribution in [-0.2, 0) is 20.9 Å². The standard InChI is InChI=1S/C22H21ClN4O4/c1-30-12-17-20(13-4-3-5-16(10-13)31-2)21-25-22(29)18(27(21)26-17)11-19(28)24-15-8-6-14(23)7-9-15/h3-10,18H,11-12H2,1-2H3,(H,24,28)(H,25,29). The molecule has 1 aliphatic heterocycles. The second-order valence-electron chi connectivity index (χ2n) is 7.04. The topological polar surface area (TPSA) is 94.5 Å². The van der Waals surface area contributed by atoms with Crippen molar-refractivity contribution < 1.29 is 19.1 Å². The maximum atomic E-state index is 12.7. The van der Waals surface area contributed by atoms with Crippen LogP contribution in [0.25, 0.3) is 11.1 Å². The molecule has 2 amide bonds. The molecular formula is C22H21ClN4O4. The van der Waals surface area contributed by atoms with Crippen molar-refractivity contribution in [3.8, 4) is 16.9 Å². The molecule has 0 saturated heterocycles. The first-order valence-corrected chi connectivity index (χ1v) is 9.99. The van der Waals surface area contributed by atoms with Gasteiger partial charge in [-0.3, -0.25) is 9.59 Å². The fourth-order valence-electron chi connectivity index (χ4n) is 3.56. The maximum Gasteiger partial charge on any atom is 0.251 e. The van der Waals surface area contributed by atoms with E-state index in [-0.39, 0.29) is 24.8 Å². The van der Waals surface area contributed by atoms with Crippen LogP contribution < -0.4 is 15.4 Å². The molecule has 0 bridgehead atoms. The Morgan fingerprint density at radius 3 is 2.71 bits per heavy atom. The molecule has 0 saturated carbocycles.